The molecule has 10 rings (SSSR count). The van der Waals surface area contributed by atoms with Crippen LogP contribution >= 0.6 is 0 Å². The Kier molecular flexibility index (Phi) is 9.94. The first-order chi connectivity index (χ1) is 28.7. The quantitative estimate of drug-likeness (QED) is 0.104. The molecule has 0 saturated heterocycles. The molecule has 2 saturated carbocycles. The third kappa shape index (κ3) is 7.49. The summed E-state index contributed by atoms with van der Waals surface area (Å²) < 4.78 is 21.8. The zero-order chi connectivity index (χ0) is 42.0. The molecular weight excluding hydrogens is 757 g/mol. The van der Waals surface area contributed by atoms with Gasteiger partial charge >= 0.3 is 0 Å². The van der Waals surface area contributed by atoms with Crippen molar-refractivity contribution in [3.63, 3.8) is 0 Å². The standard InChI is InChI=1S/C25H31N3O3.C23H27N3O3/c1-24(2,14-28(3)4)22-12-16-11-18(6-7-19(16)27-22)26-23(29)25(9-10-25)17-5-8-20-21(13-17)31-15-30-20;1-22(2,12-24)20-10-14-9-16(4-5-17(14)26-20)25-21(27)23(7-8-23)15-3-6-18-19(11-15)29-13-28-18/h5-8,11,13,22,27H,9-10,12,14-15H2,1-4H3,(H,26,29);3-6,9,11,20,26H,7-8,10,12-13,24H2,1-2H3,(H,25,27)/t22-;20-/m00/s1. The van der Waals surface area contributed by atoms with E-state index in [1.54, 1.807) is 0 Å². The van der Waals surface area contributed by atoms with E-state index in [9.17, 15) is 9.59 Å². The molecule has 0 aromatic heterocycles. The van der Waals surface area contributed by atoms with E-state index in [0.717, 1.165) is 96.3 Å². The maximum absolute atomic E-state index is 13.2. The van der Waals surface area contributed by atoms with Gasteiger partial charge in [0.05, 0.1) is 10.8 Å². The van der Waals surface area contributed by atoms with Crippen molar-refractivity contribution in [1.82, 2.24) is 4.90 Å². The van der Waals surface area contributed by atoms with Gasteiger partial charge in [-0.2, -0.15) is 0 Å². The van der Waals surface area contributed by atoms with Crippen LogP contribution in [0.4, 0.5) is 22.7 Å². The number of carbonyl (C=O) groups excluding carboxylic acids is 2. The first-order valence-corrected chi connectivity index (χ1v) is 21.3. The largest absolute Gasteiger partial charge is 0.454 e. The number of ether oxygens (including phenoxy) is 4. The number of benzene rings is 4. The van der Waals surface area contributed by atoms with Gasteiger partial charge in [0.2, 0.25) is 25.4 Å². The lowest BCUT2D eigenvalue weighted by molar-refractivity contribution is -0.119. The van der Waals surface area contributed by atoms with Crippen molar-refractivity contribution >= 4 is 34.6 Å². The molecule has 0 spiro atoms. The van der Waals surface area contributed by atoms with Gasteiger partial charge < -0.3 is 50.8 Å². The van der Waals surface area contributed by atoms with Crippen molar-refractivity contribution in [3.8, 4) is 23.0 Å². The predicted molar refractivity (Wildman–Crippen MR) is 234 cm³/mol. The van der Waals surface area contributed by atoms with Gasteiger partial charge in [-0.1, -0.05) is 39.8 Å². The summed E-state index contributed by atoms with van der Waals surface area (Å²) in [5.74, 6) is 3.04. The first-order valence-electron chi connectivity index (χ1n) is 21.3. The van der Waals surface area contributed by atoms with Gasteiger partial charge in [-0.3, -0.25) is 9.59 Å². The minimum absolute atomic E-state index is 0.0137. The molecule has 12 heteroatoms. The molecule has 2 fully saturated rings. The average molecular weight is 815 g/mol. The Morgan fingerprint density at radius 1 is 0.650 bits per heavy atom. The molecule has 0 bridgehead atoms. The molecule has 12 nitrogen and oxygen atoms in total. The van der Waals surface area contributed by atoms with Gasteiger partial charge in [0.15, 0.2) is 23.0 Å². The van der Waals surface area contributed by atoms with E-state index < -0.39 is 10.8 Å². The van der Waals surface area contributed by atoms with Crippen LogP contribution in [-0.4, -0.2) is 69.6 Å². The fourth-order valence-electron chi connectivity index (χ4n) is 9.32. The Morgan fingerprint density at radius 3 is 1.50 bits per heavy atom. The minimum atomic E-state index is -0.470. The van der Waals surface area contributed by atoms with Gasteiger partial charge in [0, 0.05) is 41.4 Å². The molecule has 6 aliphatic rings. The zero-order valence-electron chi connectivity index (χ0n) is 35.6. The van der Waals surface area contributed by atoms with Gasteiger partial charge in [0.25, 0.3) is 0 Å². The summed E-state index contributed by atoms with van der Waals surface area (Å²) in [4.78, 5) is 28.6. The Balaban J connectivity index is 0.000000154. The molecule has 2 amide bonds. The number of anilines is 4. The van der Waals surface area contributed by atoms with E-state index in [1.807, 2.05) is 48.5 Å². The molecule has 4 heterocycles. The average Bonchev–Trinajstić information content (AvgIpc) is 3.91. The molecule has 4 aromatic carbocycles. The van der Waals surface area contributed by atoms with Gasteiger partial charge in [-0.05, 0) is 153 Å². The number of amides is 2. The number of nitrogens with zero attached hydrogens (tertiary/aromatic N) is 1. The highest BCUT2D eigenvalue weighted by Gasteiger charge is 2.53. The van der Waals surface area contributed by atoms with E-state index in [-0.39, 0.29) is 36.2 Å². The summed E-state index contributed by atoms with van der Waals surface area (Å²) in [6.45, 7) is 11.1. The lowest BCUT2D eigenvalue weighted by Gasteiger charge is -2.34. The van der Waals surface area contributed by atoms with Crippen LogP contribution in [0.3, 0.4) is 0 Å². The smallest absolute Gasteiger partial charge is 0.235 e. The predicted octanol–water partition coefficient (Wildman–Crippen LogP) is 7.42. The van der Waals surface area contributed by atoms with Crippen molar-refractivity contribution in [1.29, 1.82) is 0 Å². The molecule has 4 aromatic rings. The van der Waals surface area contributed by atoms with Crippen molar-refractivity contribution in [2.45, 2.75) is 89.1 Å². The topological polar surface area (TPSA) is 148 Å². The summed E-state index contributed by atoms with van der Waals surface area (Å²) in [7, 11) is 4.23. The molecule has 6 N–H and O–H groups in total. The molecule has 316 valence electrons. The lowest BCUT2D eigenvalue weighted by atomic mass is 9.82. The molecule has 4 aliphatic heterocycles. The van der Waals surface area contributed by atoms with Gasteiger partial charge in [-0.25, -0.2) is 0 Å². The van der Waals surface area contributed by atoms with Crippen LogP contribution in [0.1, 0.15) is 75.6 Å². The van der Waals surface area contributed by atoms with Gasteiger partial charge in [0.1, 0.15) is 0 Å². The third-order valence-corrected chi connectivity index (χ3v) is 13.6. The summed E-state index contributed by atoms with van der Waals surface area (Å²) in [6, 6.07) is 24.7. The highest BCUT2D eigenvalue weighted by molar-refractivity contribution is 6.02. The molecule has 2 atom stereocenters. The maximum atomic E-state index is 13.2. The highest BCUT2D eigenvalue weighted by atomic mass is 16.7. The molecule has 60 heavy (non-hydrogen) atoms. The molecular formula is C48H58N6O6. The van der Waals surface area contributed by atoms with Crippen molar-refractivity contribution in [3.05, 3.63) is 95.1 Å². The molecule has 0 unspecified atom stereocenters. The summed E-state index contributed by atoms with van der Waals surface area (Å²) in [5.41, 5.74) is 13.7. The van der Waals surface area contributed by atoms with Crippen molar-refractivity contribution in [2.24, 2.45) is 16.6 Å². The van der Waals surface area contributed by atoms with E-state index in [4.69, 9.17) is 24.7 Å². The third-order valence-electron chi connectivity index (χ3n) is 13.6. The maximum Gasteiger partial charge on any atom is 0.235 e. The van der Waals surface area contributed by atoms with Crippen LogP contribution in [0.2, 0.25) is 0 Å². The summed E-state index contributed by atoms with van der Waals surface area (Å²) in [6.07, 6.45) is 5.27. The Hall–Kier alpha value is -5.46. The Bertz CT molecular complexity index is 2330. The minimum Gasteiger partial charge on any atom is -0.454 e. The van der Waals surface area contributed by atoms with Crippen molar-refractivity contribution < 1.29 is 28.5 Å². The van der Waals surface area contributed by atoms with Crippen LogP contribution in [0, 0.1) is 10.8 Å². The Labute approximate surface area is 352 Å². The second-order valence-electron chi connectivity index (χ2n) is 19.2. The van der Waals surface area contributed by atoms with Crippen LogP contribution in [0.5, 0.6) is 23.0 Å². The van der Waals surface area contributed by atoms with Gasteiger partial charge in [-0.15, -0.1) is 0 Å². The number of fused-ring (bicyclic) bond motifs is 4. The van der Waals surface area contributed by atoms with Crippen LogP contribution in [0.25, 0.3) is 0 Å². The number of nitrogens with one attached hydrogen (secondary N) is 4. The Morgan fingerprint density at radius 2 is 1.08 bits per heavy atom. The van der Waals surface area contributed by atoms with Crippen LogP contribution in [-0.2, 0) is 33.3 Å². The fraction of sp³-hybridized carbons (Fsp3) is 0.458. The zero-order valence-corrected chi connectivity index (χ0v) is 35.6. The molecule has 0 radical (unpaired) electrons. The number of hydrogen-bond donors (Lipinski definition) is 5. The fourth-order valence-corrected chi connectivity index (χ4v) is 9.32. The van der Waals surface area contributed by atoms with Crippen LogP contribution in [0.15, 0.2) is 72.8 Å². The van der Waals surface area contributed by atoms with E-state index in [0.29, 0.717) is 18.6 Å². The normalized spacial score (nSPS) is 20.5. The summed E-state index contributed by atoms with van der Waals surface area (Å²) >= 11 is 0. The number of nitrogens with two attached hydrogens (primary N) is 1. The second-order valence-corrected chi connectivity index (χ2v) is 19.2. The molecule has 2 aliphatic carbocycles. The van der Waals surface area contributed by atoms with E-state index in [2.05, 4.69) is 92.2 Å². The highest BCUT2D eigenvalue weighted by Crippen LogP contribution is 2.52. The van der Waals surface area contributed by atoms with Crippen LogP contribution < -0.4 is 45.9 Å². The monoisotopic (exact) mass is 814 g/mol. The first kappa shape index (κ1) is 40.0. The number of hydrogen-bond acceptors (Lipinski definition) is 10. The number of rotatable bonds is 11. The summed E-state index contributed by atoms with van der Waals surface area (Å²) in [5, 5.41) is 13.6. The van der Waals surface area contributed by atoms with E-state index in [1.165, 1.54) is 16.8 Å². The van der Waals surface area contributed by atoms with Crippen molar-refractivity contribution in [2.75, 3.05) is 62.0 Å². The second kappa shape index (κ2) is 14.9. The van der Waals surface area contributed by atoms with E-state index >= 15 is 0 Å². The SMILES string of the molecule is CC(C)(CN)[C@@H]1Cc2cc(NC(=O)C3(c4ccc5c(c4)OCO5)CC3)ccc2N1.CN(C)CC(C)(C)[C@@H]1Cc2cc(NC(=O)C3(c4ccc5c(c4)OCO5)CC3)ccc2N1. The number of carbonyl (C=O) groups is 2. The lowest BCUT2D eigenvalue weighted by Crippen LogP contribution is -2.42.